The molecule has 2 aromatic rings. The minimum atomic E-state index is -3.40. The largest absolute Gasteiger partial charge is 0.339 e. The van der Waals surface area contributed by atoms with Gasteiger partial charge in [0, 0.05) is 24.2 Å². The van der Waals surface area contributed by atoms with Crippen molar-refractivity contribution in [2.75, 3.05) is 24.1 Å². The molecule has 3 rings (SSSR count). The molecule has 0 spiro atoms. The summed E-state index contributed by atoms with van der Waals surface area (Å²) in [5.74, 6) is 2.98. The van der Waals surface area contributed by atoms with E-state index in [1.54, 1.807) is 25.1 Å². The number of anilines is 1. The maximum atomic E-state index is 12.9. The van der Waals surface area contributed by atoms with E-state index < -0.39 is 10.0 Å². The van der Waals surface area contributed by atoms with Crippen LogP contribution in [0.1, 0.15) is 45.8 Å². The van der Waals surface area contributed by atoms with Crippen molar-refractivity contribution in [1.82, 2.24) is 4.90 Å². The van der Waals surface area contributed by atoms with Crippen molar-refractivity contribution in [2.24, 2.45) is 0 Å². The predicted octanol–water partition coefficient (Wildman–Crippen LogP) is 3.37. The van der Waals surface area contributed by atoms with E-state index in [-0.39, 0.29) is 5.91 Å². The zero-order valence-electron chi connectivity index (χ0n) is 16.1. The number of sulfonamides is 1. The minimum absolute atomic E-state index is 0.0765. The van der Waals surface area contributed by atoms with E-state index in [9.17, 15) is 13.2 Å². The van der Waals surface area contributed by atoms with Crippen LogP contribution < -0.4 is 4.72 Å². The average molecular weight is 397 g/mol. The number of nitrogens with zero attached hydrogens (tertiary/aromatic N) is 1. The van der Waals surface area contributed by atoms with Crippen LogP contribution in [0.15, 0.2) is 42.5 Å². The molecule has 2 aromatic carbocycles. The fourth-order valence-electron chi connectivity index (χ4n) is 3.55. The molecule has 1 amide bonds. The quantitative estimate of drug-likeness (QED) is 0.806. The molecule has 1 fully saturated rings. The molecule has 0 saturated carbocycles. The van der Waals surface area contributed by atoms with Gasteiger partial charge in [-0.05, 0) is 61.1 Å². The van der Waals surface area contributed by atoms with E-state index in [1.807, 2.05) is 23.1 Å². The number of hydrogen-bond acceptors (Lipinski definition) is 3. The Morgan fingerprint density at radius 3 is 2.54 bits per heavy atom. The zero-order valence-corrected chi connectivity index (χ0v) is 16.9. The number of carbonyl (C=O) groups excluding carboxylic acids is 1. The highest BCUT2D eigenvalue weighted by Crippen LogP contribution is 2.29. The van der Waals surface area contributed by atoms with Crippen molar-refractivity contribution in [2.45, 2.75) is 25.7 Å². The second-order valence-corrected chi connectivity index (χ2v) is 8.99. The van der Waals surface area contributed by atoms with Gasteiger partial charge in [-0.1, -0.05) is 24.1 Å². The lowest BCUT2D eigenvalue weighted by Gasteiger charge is -2.32. The van der Waals surface area contributed by atoms with Crippen LogP contribution in [0.2, 0.25) is 0 Å². The molecule has 6 heteroatoms. The van der Waals surface area contributed by atoms with Crippen molar-refractivity contribution in [3.05, 3.63) is 64.7 Å². The van der Waals surface area contributed by atoms with Gasteiger partial charge in [0.15, 0.2) is 0 Å². The number of terminal acetylenes is 1. The van der Waals surface area contributed by atoms with E-state index in [2.05, 4.69) is 16.7 Å². The molecular formula is C22H24N2O3S. The third-order valence-electron chi connectivity index (χ3n) is 5.09. The number of benzene rings is 2. The fourth-order valence-corrected chi connectivity index (χ4v) is 4.16. The zero-order chi connectivity index (χ0) is 20.3. The number of hydrogen-bond donors (Lipinski definition) is 1. The number of amides is 1. The number of carbonyl (C=O) groups is 1. The first-order chi connectivity index (χ1) is 13.3. The summed E-state index contributed by atoms with van der Waals surface area (Å²) in [4.78, 5) is 14.7. The van der Waals surface area contributed by atoms with Crippen molar-refractivity contribution in [3.63, 3.8) is 0 Å². The summed E-state index contributed by atoms with van der Waals surface area (Å²) in [5, 5.41) is 0. The Balaban J connectivity index is 1.70. The van der Waals surface area contributed by atoms with Gasteiger partial charge in [0.25, 0.3) is 5.91 Å². The van der Waals surface area contributed by atoms with E-state index in [1.165, 1.54) is 5.56 Å². The second kappa shape index (κ2) is 8.07. The van der Waals surface area contributed by atoms with Crippen molar-refractivity contribution in [3.8, 4) is 12.3 Å². The highest BCUT2D eigenvalue weighted by Gasteiger charge is 2.25. The maximum Gasteiger partial charge on any atom is 0.253 e. The smallest absolute Gasteiger partial charge is 0.253 e. The van der Waals surface area contributed by atoms with Crippen LogP contribution >= 0.6 is 0 Å². The van der Waals surface area contributed by atoms with Crippen LogP contribution in [0.25, 0.3) is 0 Å². The van der Waals surface area contributed by atoms with Crippen molar-refractivity contribution >= 4 is 21.6 Å². The summed E-state index contributed by atoms with van der Waals surface area (Å²) in [5.41, 5.74) is 3.80. The SMILES string of the molecule is C#Cc1cccc(C2CCN(C(=O)c3ccc(C)c(NS(C)(=O)=O)c3)CC2)c1. The van der Waals surface area contributed by atoms with Crippen molar-refractivity contribution in [1.29, 1.82) is 0 Å². The second-order valence-electron chi connectivity index (χ2n) is 7.24. The van der Waals surface area contributed by atoms with Crippen LogP contribution in [-0.4, -0.2) is 38.6 Å². The fraction of sp³-hybridized carbons (Fsp3) is 0.318. The first-order valence-corrected chi connectivity index (χ1v) is 11.1. The predicted molar refractivity (Wildman–Crippen MR) is 112 cm³/mol. The van der Waals surface area contributed by atoms with E-state index in [0.29, 0.717) is 30.3 Å². The summed E-state index contributed by atoms with van der Waals surface area (Å²) in [6.07, 6.45) is 8.34. The topological polar surface area (TPSA) is 66.5 Å². The van der Waals surface area contributed by atoms with Gasteiger partial charge >= 0.3 is 0 Å². The molecule has 1 saturated heterocycles. The Morgan fingerprint density at radius 1 is 1.18 bits per heavy atom. The first-order valence-electron chi connectivity index (χ1n) is 9.21. The van der Waals surface area contributed by atoms with Gasteiger partial charge in [-0.3, -0.25) is 9.52 Å². The lowest BCUT2D eigenvalue weighted by atomic mass is 9.88. The Labute approximate surface area is 166 Å². The van der Waals surface area contributed by atoms with E-state index in [4.69, 9.17) is 6.42 Å². The lowest BCUT2D eigenvalue weighted by molar-refractivity contribution is 0.0713. The van der Waals surface area contributed by atoms with Crippen LogP contribution in [0.5, 0.6) is 0 Å². The monoisotopic (exact) mass is 396 g/mol. The molecule has 1 N–H and O–H groups in total. The van der Waals surface area contributed by atoms with Gasteiger partial charge in [-0.15, -0.1) is 6.42 Å². The summed E-state index contributed by atoms with van der Waals surface area (Å²) >= 11 is 0. The number of likely N-dealkylation sites (tertiary alicyclic amines) is 1. The Kier molecular flexibility index (Phi) is 5.76. The standard InChI is InChI=1S/C22H24N2O3S/c1-4-17-6-5-7-19(14-17)18-10-12-24(13-11-18)22(25)20-9-8-16(2)21(15-20)23-28(3,26)27/h1,5-9,14-15,18,23H,10-13H2,2-3H3. The first kappa shape index (κ1) is 20.0. The minimum Gasteiger partial charge on any atom is -0.339 e. The number of aryl methyl sites for hydroxylation is 1. The molecule has 1 heterocycles. The third kappa shape index (κ3) is 4.73. The van der Waals surface area contributed by atoms with Crippen molar-refractivity contribution < 1.29 is 13.2 Å². The Morgan fingerprint density at radius 2 is 1.89 bits per heavy atom. The molecule has 0 unspecified atom stereocenters. The van der Waals surface area contributed by atoms with Crippen LogP contribution in [-0.2, 0) is 10.0 Å². The molecule has 5 nitrogen and oxygen atoms in total. The van der Waals surface area contributed by atoms with Gasteiger partial charge in [0.05, 0.1) is 11.9 Å². The molecule has 1 aliphatic rings. The van der Waals surface area contributed by atoms with Gasteiger partial charge < -0.3 is 4.90 Å². The molecular weight excluding hydrogens is 372 g/mol. The molecule has 0 aromatic heterocycles. The molecule has 146 valence electrons. The van der Waals surface area contributed by atoms with Gasteiger partial charge in [-0.25, -0.2) is 8.42 Å². The molecule has 0 radical (unpaired) electrons. The highest BCUT2D eigenvalue weighted by atomic mass is 32.2. The summed E-state index contributed by atoms with van der Waals surface area (Å²) < 4.78 is 25.5. The highest BCUT2D eigenvalue weighted by molar-refractivity contribution is 7.92. The number of piperidine rings is 1. The normalized spacial score (nSPS) is 15.1. The molecule has 0 atom stereocenters. The Hall–Kier alpha value is -2.78. The van der Waals surface area contributed by atoms with Crippen LogP contribution in [0.4, 0.5) is 5.69 Å². The maximum absolute atomic E-state index is 12.9. The summed E-state index contributed by atoms with van der Waals surface area (Å²) in [6, 6.07) is 13.2. The van der Waals surface area contributed by atoms with Crippen LogP contribution in [0, 0.1) is 19.3 Å². The lowest BCUT2D eigenvalue weighted by Crippen LogP contribution is -2.38. The molecule has 1 aliphatic heterocycles. The average Bonchev–Trinajstić information content (AvgIpc) is 2.68. The van der Waals surface area contributed by atoms with Gasteiger partial charge in [-0.2, -0.15) is 0 Å². The molecule has 0 bridgehead atoms. The third-order valence-corrected chi connectivity index (χ3v) is 5.68. The van der Waals surface area contributed by atoms with Gasteiger partial charge in [0.1, 0.15) is 0 Å². The molecule has 28 heavy (non-hydrogen) atoms. The number of rotatable bonds is 4. The number of nitrogens with one attached hydrogen (secondary N) is 1. The molecule has 0 aliphatic carbocycles. The van der Waals surface area contributed by atoms with E-state index >= 15 is 0 Å². The van der Waals surface area contributed by atoms with Crippen LogP contribution in [0.3, 0.4) is 0 Å². The van der Waals surface area contributed by atoms with E-state index in [0.717, 1.165) is 30.2 Å². The van der Waals surface area contributed by atoms with Gasteiger partial charge in [0.2, 0.25) is 10.0 Å². The summed E-state index contributed by atoms with van der Waals surface area (Å²) in [7, 11) is -3.40. The summed E-state index contributed by atoms with van der Waals surface area (Å²) in [6.45, 7) is 3.12. The Bertz CT molecular complexity index is 1030.